The van der Waals surface area contributed by atoms with Crippen molar-refractivity contribution in [2.24, 2.45) is 0 Å². The molecule has 0 atom stereocenters. The van der Waals surface area contributed by atoms with E-state index in [0.717, 1.165) is 0 Å². The molecule has 3 N–H and O–H groups in total. The van der Waals surface area contributed by atoms with Crippen LogP contribution in [0.1, 0.15) is 47.1 Å². The van der Waals surface area contributed by atoms with E-state index < -0.39 is 17.4 Å². The van der Waals surface area contributed by atoms with Gasteiger partial charge in [-0.25, -0.2) is 9.59 Å². The molecule has 39 heavy (non-hydrogen) atoms. The molecule has 5 rings (SSSR count). The lowest BCUT2D eigenvalue weighted by Gasteiger charge is -2.22. The average molecular weight is 526 g/mol. The van der Waals surface area contributed by atoms with E-state index in [1.54, 1.807) is 36.4 Å². The summed E-state index contributed by atoms with van der Waals surface area (Å²) < 4.78 is 5.08. The molecule has 4 aromatic carbocycles. The van der Waals surface area contributed by atoms with Crippen molar-refractivity contribution in [3.05, 3.63) is 108 Å². The molecule has 9 heteroatoms. The Bertz CT molecular complexity index is 1610. The first-order valence-corrected chi connectivity index (χ1v) is 12.0. The van der Waals surface area contributed by atoms with Crippen molar-refractivity contribution in [1.82, 2.24) is 15.0 Å². The van der Waals surface area contributed by atoms with Gasteiger partial charge in [0.2, 0.25) is 0 Å². The second-order valence-corrected chi connectivity index (χ2v) is 9.64. The third kappa shape index (κ3) is 6.22. The number of fused-ring (bicyclic) bond motifs is 1. The first-order valence-electron chi connectivity index (χ1n) is 12.0. The Balaban J connectivity index is 0.000000193. The van der Waals surface area contributed by atoms with Gasteiger partial charge in [-0.05, 0) is 53.9 Å². The summed E-state index contributed by atoms with van der Waals surface area (Å²) in [4.78, 5) is 24.3. The van der Waals surface area contributed by atoms with Gasteiger partial charge in [-0.1, -0.05) is 63.2 Å². The molecule has 0 aliphatic carbocycles. The molecule has 0 fully saturated rings. The lowest BCUT2D eigenvalue weighted by molar-refractivity contribution is 0.0693. The molecule has 1 heterocycles. The van der Waals surface area contributed by atoms with Gasteiger partial charge in [0.05, 0.1) is 5.56 Å². The summed E-state index contributed by atoms with van der Waals surface area (Å²) in [5, 5.41) is 38.1. The van der Waals surface area contributed by atoms with Crippen LogP contribution in [0, 0.1) is 0 Å². The molecular formula is C30H27N3O6. The monoisotopic (exact) mass is 525 g/mol. The minimum absolute atomic E-state index is 0.0113. The van der Waals surface area contributed by atoms with Crippen molar-refractivity contribution in [3.8, 4) is 22.9 Å². The van der Waals surface area contributed by atoms with Gasteiger partial charge in [-0.15, -0.1) is 15.0 Å². The molecule has 0 unspecified atom stereocenters. The maximum Gasteiger partial charge on any atom is 0.347 e. The molecule has 0 saturated carbocycles. The Hall–Kier alpha value is -5.18. The number of para-hydroxylation sites is 2. The summed E-state index contributed by atoms with van der Waals surface area (Å²) in [5.41, 5.74) is 1.96. The van der Waals surface area contributed by atoms with Gasteiger partial charge in [0.15, 0.2) is 0 Å². The molecule has 0 bridgehead atoms. The zero-order valence-electron chi connectivity index (χ0n) is 21.6. The van der Waals surface area contributed by atoms with Crippen molar-refractivity contribution in [2.45, 2.75) is 26.2 Å². The van der Waals surface area contributed by atoms with E-state index in [0.29, 0.717) is 22.3 Å². The number of benzene rings is 4. The molecule has 0 aliphatic heterocycles. The number of aromatic hydroxyl groups is 2. The first-order chi connectivity index (χ1) is 18.5. The van der Waals surface area contributed by atoms with Crippen LogP contribution in [0.15, 0.2) is 91.0 Å². The van der Waals surface area contributed by atoms with E-state index >= 15 is 0 Å². The maximum absolute atomic E-state index is 11.7. The average Bonchev–Trinajstić information content (AvgIpc) is 3.33. The van der Waals surface area contributed by atoms with E-state index in [4.69, 9.17) is 4.74 Å². The summed E-state index contributed by atoms with van der Waals surface area (Å²) in [6.07, 6.45) is 0. The second kappa shape index (κ2) is 11.1. The third-order valence-corrected chi connectivity index (χ3v) is 5.72. The highest BCUT2D eigenvalue weighted by atomic mass is 16.5. The summed E-state index contributed by atoms with van der Waals surface area (Å²) in [7, 11) is 0. The molecule has 0 spiro atoms. The number of phenolic OH excluding ortho intramolecular Hbond substituents is 2. The summed E-state index contributed by atoms with van der Waals surface area (Å²) in [5.74, 6) is -1.26. The largest absolute Gasteiger partial charge is 0.507 e. The lowest BCUT2D eigenvalue weighted by atomic mass is 9.85. The van der Waals surface area contributed by atoms with E-state index in [9.17, 15) is 24.9 Å². The normalized spacial score (nSPS) is 10.9. The fourth-order valence-electron chi connectivity index (χ4n) is 3.73. The van der Waals surface area contributed by atoms with Crippen molar-refractivity contribution >= 4 is 23.0 Å². The number of aromatic nitrogens is 3. The standard InChI is InChI=1S/C17H17N3O3.C13H10O3/c1-17(2,3)11-8-10(16(22)23)9-14(15(11)21)20-18-12-6-4-5-7-13(12)19-20;14-12-9-5-4-8-11(12)13(15)16-10-6-2-1-3-7-10/h4-9,21H,1-3H3,(H,22,23);1-9,14H. The van der Waals surface area contributed by atoms with Gasteiger partial charge in [0, 0.05) is 5.56 Å². The van der Waals surface area contributed by atoms with Crippen LogP contribution in [0.4, 0.5) is 0 Å². The highest BCUT2D eigenvalue weighted by Gasteiger charge is 2.24. The Morgan fingerprint density at radius 1 is 0.795 bits per heavy atom. The Labute approximate surface area is 224 Å². The van der Waals surface area contributed by atoms with E-state index in [-0.39, 0.29) is 28.3 Å². The molecule has 198 valence electrons. The zero-order valence-corrected chi connectivity index (χ0v) is 21.6. The summed E-state index contributed by atoms with van der Waals surface area (Å²) in [6, 6.07) is 25.2. The van der Waals surface area contributed by atoms with E-state index in [2.05, 4.69) is 10.2 Å². The Morgan fingerprint density at radius 3 is 1.92 bits per heavy atom. The number of hydrogen-bond acceptors (Lipinski definition) is 7. The number of carboxylic acids is 1. The zero-order chi connectivity index (χ0) is 28.2. The predicted molar refractivity (Wildman–Crippen MR) is 146 cm³/mol. The number of aromatic carboxylic acids is 1. The molecule has 0 amide bonds. The van der Waals surface area contributed by atoms with Crippen molar-refractivity contribution < 1.29 is 29.6 Å². The van der Waals surface area contributed by atoms with Gasteiger partial charge < -0.3 is 20.1 Å². The number of phenols is 2. The summed E-state index contributed by atoms with van der Waals surface area (Å²) in [6.45, 7) is 5.72. The highest BCUT2D eigenvalue weighted by Crippen LogP contribution is 2.36. The fourth-order valence-corrected chi connectivity index (χ4v) is 3.73. The minimum Gasteiger partial charge on any atom is -0.507 e. The SMILES string of the molecule is CC(C)(C)c1cc(C(=O)O)cc(-n2nc3ccccc3n2)c1O.O=C(Oc1ccccc1)c1ccccc1O. The number of esters is 1. The molecule has 0 saturated heterocycles. The number of carboxylic acid groups (broad SMARTS) is 1. The maximum atomic E-state index is 11.7. The predicted octanol–water partition coefficient (Wildman–Crippen LogP) is 5.73. The van der Waals surface area contributed by atoms with Crippen LogP contribution in [-0.4, -0.2) is 42.3 Å². The lowest BCUT2D eigenvalue weighted by Crippen LogP contribution is -2.15. The van der Waals surface area contributed by atoms with Crippen molar-refractivity contribution in [1.29, 1.82) is 0 Å². The second-order valence-electron chi connectivity index (χ2n) is 9.64. The minimum atomic E-state index is -1.06. The van der Waals surface area contributed by atoms with Crippen LogP contribution >= 0.6 is 0 Å². The molecule has 0 radical (unpaired) electrons. The van der Waals surface area contributed by atoms with Crippen molar-refractivity contribution in [3.63, 3.8) is 0 Å². The van der Waals surface area contributed by atoms with Gasteiger partial charge in [0.1, 0.15) is 39.5 Å². The molecule has 5 aromatic rings. The van der Waals surface area contributed by atoms with Crippen LogP contribution in [0.5, 0.6) is 17.2 Å². The molecule has 0 aliphatic rings. The quantitative estimate of drug-likeness (QED) is 0.200. The Morgan fingerprint density at radius 2 is 1.36 bits per heavy atom. The number of hydrogen-bond donors (Lipinski definition) is 3. The van der Waals surface area contributed by atoms with E-state index in [1.165, 1.54) is 29.1 Å². The third-order valence-electron chi connectivity index (χ3n) is 5.72. The molecule has 9 nitrogen and oxygen atoms in total. The number of ether oxygens (including phenoxy) is 1. The smallest absolute Gasteiger partial charge is 0.347 e. The van der Waals surface area contributed by atoms with Crippen LogP contribution in [0.3, 0.4) is 0 Å². The van der Waals surface area contributed by atoms with Crippen LogP contribution in [0.25, 0.3) is 16.7 Å². The highest BCUT2D eigenvalue weighted by molar-refractivity contribution is 5.93. The Kier molecular flexibility index (Phi) is 7.62. The topological polar surface area (TPSA) is 135 Å². The van der Waals surface area contributed by atoms with Gasteiger partial charge in [0.25, 0.3) is 0 Å². The van der Waals surface area contributed by atoms with Gasteiger partial charge in [-0.3, -0.25) is 0 Å². The number of carbonyl (C=O) groups excluding carboxylic acids is 1. The molecular weight excluding hydrogens is 498 g/mol. The fraction of sp³-hybridized carbons (Fsp3) is 0.133. The van der Waals surface area contributed by atoms with Gasteiger partial charge >= 0.3 is 11.9 Å². The van der Waals surface area contributed by atoms with Crippen molar-refractivity contribution in [2.75, 3.05) is 0 Å². The van der Waals surface area contributed by atoms with Crippen LogP contribution in [-0.2, 0) is 5.41 Å². The number of rotatable bonds is 4. The summed E-state index contributed by atoms with van der Waals surface area (Å²) >= 11 is 0. The first kappa shape index (κ1) is 26.9. The van der Waals surface area contributed by atoms with E-state index in [1.807, 2.05) is 51.1 Å². The number of nitrogens with zero attached hydrogens (tertiary/aromatic N) is 3. The molecule has 1 aromatic heterocycles. The van der Waals surface area contributed by atoms with Gasteiger partial charge in [-0.2, -0.15) is 0 Å². The number of carbonyl (C=O) groups is 2. The van der Waals surface area contributed by atoms with Crippen LogP contribution in [0.2, 0.25) is 0 Å². The van der Waals surface area contributed by atoms with Crippen LogP contribution < -0.4 is 4.74 Å².